The standard InChI is InChI=1S/C18H20N4O3/c1-12(23)22-6-2-13(3-7-22)8-16-17(21-5-4-20-16)14-9-15(18(24)25)11-19-10-14/h4-5,9-11,13H,2-3,6-8H2,1H3,(H,24,25). The fourth-order valence-electron chi connectivity index (χ4n) is 3.17. The lowest BCUT2D eigenvalue weighted by Gasteiger charge is -2.31. The summed E-state index contributed by atoms with van der Waals surface area (Å²) in [6, 6.07) is 1.57. The number of aromatic nitrogens is 3. The molecule has 7 nitrogen and oxygen atoms in total. The molecule has 2 aromatic heterocycles. The number of carboxylic acids is 1. The Kier molecular flexibility index (Phi) is 5.02. The molecule has 7 heteroatoms. The summed E-state index contributed by atoms with van der Waals surface area (Å²) in [6.07, 6.45) is 8.80. The van der Waals surface area contributed by atoms with Crippen LogP contribution in [0.1, 0.15) is 35.8 Å². The molecule has 2 aromatic rings. The molecule has 0 unspecified atom stereocenters. The fourth-order valence-corrected chi connectivity index (χ4v) is 3.17. The molecule has 1 amide bonds. The molecule has 0 atom stereocenters. The van der Waals surface area contributed by atoms with E-state index in [2.05, 4.69) is 15.0 Å². The van der Waals surface area contributed by atoms with E-state index in [0.717, 1.165) is 38.0 Å². The number of piperidine rings is 1. The van der Waals surface area contributed by atoms with Gasteiger partial charge >= 0.3 is 5.97 Å². The molecule has 1 aliphatic rings. The third-order valence-corrected chi connectivity index (χ3v) is 4.57. The monoisotopic (exact) mass is 340 g/mol. The molecular weight excluding hydrogens is 320 g/mol. The number of nitrogens with zero attached hydrogens (tertiary/aromatic N) is 4. The molecule has 0 radical (unpaired) electrons. The van der Waals surface area contributed by atoms with Gasteiger partial charge in [0.1, 0.15) is 0 Å². The minimum Gasteiger partial charge on any atom is -0.478 e. The van der Waals surface area contributed by atoms with E-state index >= 15 is 0 Å². The second-order valence-electron chi connectivity index (χ2n) is 6.27. The Morgan fingerprint density at radius 2 is 1.92 bits per heavy atom. The summed E-state index contributed by atoms with van der Waals surface area (Å²) in [4.78, 5) is 37.3. The van der Waals surface area contributed by atoms with Gasteiger partial charge in [-0.15, -0.1) is 0 Å². The van der Waals surface area contributed by atoms with E-state index in [1.807, 2.05) is 4.90 Å². The van der Waals surface area contributed by atoms with E-state index in [9.17, 15) is 9.59 Å². The van der Waals surface area contributed by atoms with Gasteiger partial charge in [-0.3, -0.25) is 19.7 Å². The molecule has 3 heterocycles. The van der Waals surface area contributed by atoms with Crippen LogP contribution >= 0.6 is 0 Å². The van der Waals surface area contributed by atoms with Gasteiger partial charge in [0, 0.05) is 50.4 Å². The number of aromatic carboxylic acids is 1. The minimum atomic E-state index is -1.02. The Morgan fingerprint density at radius 1 is 1.20 bits per heavy atom. The maximum Gasteiger partial charge on any atom is 0.337 e. The van der Waals surface area contributed by atoms with Crippen molar-refractivity contribution in [3.8, 4) is 11.3 Å². The van der Waals surface area contributed by atoms with Crippen molar-refractivity contribution in [2.75, 3.05) is 13.1 Å². The van der Waals surface area contributed by atoms with Gasteiger partial charge < -0.3 is 10.0 Å². The second kappa shape index (κ2) is 7.38. The van der Waals surface area contributed by atoms with E-state index in [0.29, 0.717) is 17.2 Å². The van der Waals surface area contributed by atoms with E-state index in [1.54, 1.807) is 31.6 Å². The van der Waals surface area contributed by atoms with Gasteiger partial charge in [0.05, 0.1) is 17.0 Å². The van der Waals surface area contributed by atoms with Gasteiger partial charge in [0.25, 0.3) is 0 Å². The predicted octanol–water partition coefficient (Wildman–Crippen LogP) is 2.04. The number of carboxylic acid groups (broad SMARTS) is 1. The van der Waals surface area contributed by atoms with Crippen LogP contribution < -0.4 is 0 Å². The summed E-state index contributed by atoms with van der Waals surface area (Å²) in [5.41, 5.74) is 2.30. The number of rotatable bonds is 4. The van der Waals surface area contributed by atoms with Crippen LogP contribution in [0.25, 0.3) is 11.3 Å². The number of carbonyl (C=O) groups excluding carboxylic acids is 1. The second-order valence-corrected chi connectivity index (χ2v) is 6.27. The fraction of sp³-hybridized carbons (Fsp3) is 0.389. The number of amides is 1. The van der Waals surface area contributed by atoms with Crippen LogP contribution in [-0.2, 0) is 11.2 Å². The van der Waals surface area contributed by atoms with Crippen molar-refractivity contribution in [1.29, 1.82) is 0 Å². The van der Waals surface area contributed by atoms with Crippen molar-refractivity contribution in [2.24, 2.45) is 5.92 Å². The van der Waals surface area contributed by atoms with Crippen LogP contribution in [0.3, 0.4) is 0 Å². The quantitative estimate of drug-likeness (QED) is 0.915. The van der Waals surface area contributed by atoms with E-state index < -0.39 is 5.97 Å². The van der Waals surface area contributed by atoms with Crippen LogP contribution in [-0.4, -0.2) is 49.9 Å². The van der Waals surface area contributed by atoms with Gasteiger partial charge in [0.2, 0.25) is 5.91 Å². The first-order valence-corrected chi connectivity index (χ1v) is 8.28. The highest BCUT2D eigenvalue weighted by atomic mass is 16.4. The Morgan fingerprint density at radius 3 is 2.60 bits per heavy atom. The molecule has 0 aromatic carbocycles. The third-order valence-electron chi connectivity index (χ3n) is 4.57. The molecule has 0 spiro atoms. The summed E-state index contributed by atoms with van der Waals surface area (Å²) in [7, 11) is 0. The molecule has 1 fully saturated rings. The highest BCUT2D eigenvalue weighted by molar-refractivity contribution is 5.88. The van der Waals surface area contributed by atoms with Crippen molar-refractivity contribution in [2.45, 2.75) is 26.2 Å². The average Bonchev–Trinajstić information content (AvgIpc) is 2.63. The number of pyridine rings is 1. The van der Waals surface area contributed by atoms with E-state index in [4.69, 9.17) is 5.11 Å². The number of likely N-dealkylation sites (tertiary alicyclic amines) is 1. The lowest BCUT2D eigenvalue weighted by Crippen LogP contribution is -2.37. The molecular formula is C18H20N4O3. The van der Waals surface area contributed by atoms with Gasteiger partial charge in [-0.1, -0.05) is 0 Å². The molecule has 0 saturated carbocycles. The van der Waals surface area contributed by atoms with Gasteiger partial charge in [-0.05, 0) is 31.2 Å². The first-order valence-electron chi connectivity index (χ1n) is 8.28. The molecule has 1 N–H and O–H groups in total. The molecule has 25 heavy (non-hydrogen) atoms. The van der Waals surface area contributed by atoms with Crippen LogP contribution in [0, 0.1) is 5.92 Å². The molecule has 1 aliphatic heterocycles. The predicted molar refractivity (Wildman–Crippen MR) is 90.9 cm³/mol. The third kappa shape index (κ3) is 3.99. The van der Waals surface area contributed by atoms with Gasteiger partial charge in [-0.2, -0.15) is 0 Å². The summed E-state index contributed by atoms with van der Waals surface area (Å²) in [5, 5.41) is 9.15. The van der Waals surface area contributed by atoms with Crippen molar-refractivity contribution >= 4 is 11.9 Å². The number of carbonyl (C=O) groups is 2. The Bertz CT molecular complexity index is 785. The molecule has 0 aliphatic carbocycles. The maximum atomic E-state index is 11.4. The van der Waals surface area contributed by atoms with Gasteiger partial charge in [0.15, 0.2) is 0 Å². The molecule has 3 rings (SSSR count). The smallest absolute Gasteiger partial charge is 0.337 e. The molecule has 0 bridgehead atoms. The van der Waals surface area contributed by atoms with Crippen LogP contribution in [0.15, 0.2) is 30.9 Å². The minimum absolute atomic E-state index is 0.121. The first kappa shape index (κ1) is 17.0. The highest BCUT2D eigenvalue weighted by Gasteiger charge is 2.23. The zero-order chi connectivity index (χ0) is 17.8. The van der Waals surface area contributed by atoms with Crippen LogP contribution in [0.4, 0.5) is 0 Å². The van der Waals surface area contributed by atoms with Crippen LogP contribution in [0.5, 0.6) is 0 Å². The summed E-state index contributed by atoms with van der Waals surface area (Å²) < 4.78 is 0. The molecule has 1 saturated heterocycles. The topological polar surface area (TPSA) is 96.3 Å². The zero-order valence-corrected chi connectivity index (χ0v) is 14.1. The van der Waals surface area contributed by atoms with E-state index in [1.165, 1.54) is 6.20 Å². The van der Waals surface area contributed by atoms with Crippen molar-refractivity contribution in [1.82, 2.24) is 19.9 Å². The lowest BCUT2D eigenvalue weighted by atomic mass is 9.90. The number of hydrogen-bond donors (Lipinski definition) is 1. The number of hydrogen-bond acceptors (Lipinski definition) is 5. The van der Waals surface area contributed by atoms with Gasteiger partial charge in [-0.25, -0.2) is 4.79 Å². The normalized spacial score (nSPS) is 15.2. The lowest BCUT2D eigenvalue weighted by molar-refractivity contribution is -0.130. The Hall–Kier alpha value is -2.83. The van der Waals surface area contributed by atoms with Crippen molar-refractivity contribution in [3.05, 3.63) is 42.1 Å². The largest absolute Gasteiger partial charge is 0.478 e. The molecule has 130 valence electrons. The first-order chi connectivity index (χ1) is 12.0. The summed E-state index contributed by atoms with van der Waals surface area (Å²) in [5.74, 6) is -0.465. The SMILES string of the molecule is CC(=O)N1CCC(Cc2nccnc2-c2cncc(C(=O)O)c2)CC1. The zero-order valence-electron chi connectivity index (χ0n) is 14.1. The van der Waals surface area contributed by atoms with Crippen molar-refractivity contribution in [3.63, 3.8) is 0 Å². The Balaban J connectivity index is 1.79. The maximum absolute atomic E-state index is 11.4. The van der Waals surface area contributed by atoms with Crippen molar-refractivity contribution < 1.29 is 14.7 Å². The summed E-state index contributed by atoms with van der Waals surface area (Å²) >= 11 is 0. The van der Waals surface area contributed by atoms with Crippen LogP contribution in [0.2, 0.25) is 0 Å². The Labute approximate surface area is 145 Å². The van der Waals surface area contributed by atoms with E-state index in [-0.39, 0.29) is 11.5 Å². The average molecular weight is 340 g/mol. The summed E-state index contributed by atoms with van der Waals surface area (Å²) in [6.45, 7) is 3.14. The highest BCUT2D eigenvalue weighted by Crippen LogP contribution is 2.26.